The fourth-order valence-electron chi connectivity index (χ4n) is 3.88. The molecule has 2 atom stereocenters. The fraction of sp³-hybridized carbons (Fsp3) is 0.812. The normalized spacial score (nSPS) is 25.8. The third-order valence-corrected chi connectivity index (χ3v) is 5.30. The second-order valence-corrected chi connectivity index (χ2v) is 6.96. The average Bonchev–Trinajstić information content (AvgIpc) is 2.97. The molecule has 2 N–H and O–H groups in total. The Labute approximate surface area is 144 Å². The zero-order valence-electron chi connectivity index (χ0n) is 14.3. The number of alkyl halides is 3. The lowest BCUT2D eigenvalue weighted by Gasteiger charge is -2.33. The van der Waals surface area contributed by atoms with Crippen LogP contribution in [0.15, 0.2) is 0 Å². The summed E-state index contributed by atoms with van der Waals surface area (Å²) in [5.74, 6) is -2.04. The van der Waals surface area contributed by atoms with Gasteiger partial charge in [-0.1, -0.05) is 18.1 Å². The first kappa shape index (κ1) is 18.2. The Morgan fingerprint density at radius 2 is 1.88 bits per heavy atom. The highest BCUT2D eigenvalue weighted by molar-refractivity contribution is 5.93. The van der Waals surface area contributed by atoms with Crippen molar-refractivity contribution in [2.24, 2.45) is 5.92 Å². The Morgan fingerprint density at radius 3 is 2.56 bits per heavy atom. The summed E-state index contributed by atoms with van der Waals surface area (Å²) in [6.07, 6.45) is -0.861. The summed E-state index contributed by atoms with van der Waals surface area (Å²) in [5.41, 5.74) is 0.744. The number of hydrogen-bond acceptors (Lipinski definition) is 4. The minimum absolute atomic E-state index is 0.0647. The van der Waals surface area contributed by atoms with Crippen LogP contribution in [0.1, 0.15) is 60.7 Å². The van der Waals surface area contributed by atoms with Crippen molar-refractivity contribution in [3.05, 3.63) is 11.4 Å². The van der Waals surface area contributed by atoms with Gasteiger partial charge in [-0.05, 0) is 45.7 Å². The Hall–Kier alpha value is -1.64. The van der Waals surface area contributed by atoms with Gasteiger partial charge in [0.25, 0.3) is 5.91 Å². The molecule has 0 spiro atoms. The van der Waals surface area contributed by atoms with Crippen molar-refractivity contribution in [3.8, 4) is 0 Å². The first-order valence-corrected chi connectivity index (χ1v) is 8.88. The summed E-state index contributed by atoms with van der Waals surface area (Å²) in [6.45, 7) is 3.50. The van der Waals surface area contributed by atoms with E-state index in [-0.39, 0.29) is 18.2 Å². The summed E-state index contributed by atoms with van der Waals surface area (Å²) in [4.78, 5) is 12.5. The number of carbonyl (C=O) groups is 1. The Bertz CT molecular complexity index is 609. The second kappa shape index (κ2) is 7.31. The molecule has 25 heavy (non-hydrogen) atoms. The van der Waals surface area contributed by atoms with Crippen molar-refractivity contribution in [1.29, 1.82) is 0 Å². The topological polar surface area (TPSA) is 71.8 Å². The highest BCUT2D eigenvalue weighted by Crippen LogP contribution is 2.37. The average molecular weight is 359 g/mol. The van der Waals surface area contributed by atoms with E-state index >= 15 is 0 Å². The van der Waals surface area contributed by atoms with Gasteiger partial charge in [-0.2, -0.15) is 13.2 Å². The van der Waals surface area contributed by atoms with E-state index in [1.165, 1.54) is 0 Å². The summed E-state index contributed by atoms with van der Waals surface area (Å²) in [5, 5.41) is 13.8. The molecule has 0 radical (unpaired) electrons. The van der Waals surface area contributed by atoms with Crippen molar-refractivity contribution in [3.63, 3.8) is 0 Å². The molecule has 0 aromatic carbocycles. The standard InChI is InChI=1S/C16H24F3N5O/c1-10-14(22-23-24(10)11-6-8-20-9-7-11)15(25)21-13-5-3-2-4-12(13)16(17,18)19/h11-13,20H,2-9H2,1H3,(H,21,25)/t12-,13-/m1/s1. The Morgan fingerprint density at radius 1 is 1.20 bits per heavy atom. The fourth-order valence-corrected chi connectivity index (χ4v) is 3.88. The number of hydrogen-bond donors (Lipinski definition) is 2. The minimum Gasteiger partial charge on any atom is -0.347 e. The summed E-state index contributed by atoms with van der Waals surface area (Å²) in [7, 11) is 0. The maximum Gasteiger partial charge on any atom is 0.393 e. The van der Waals surface area contributed by atoms with E-state index in [2.05, 4.69) is 20.9 Å². The molecule has 0 unspecified atom stereocenters. The number of piperidine rings is 1. The molecule has 1 aromatic rings. The monoisotopic (exact) mass is 359 g/mol. The Balaban J connectivity index is 1.71. The van der Waals surface area contributed by atoms with Crippen molar-refractivity contribution < 1.29 is 18.0 Å². The smallest absolute Gasteiger partial charge is 0.347 e. The molecular formula is C16H24F3N5O. The van der Waals surface area contributed by atoms with Gasteiger partial charge in [0.15, 0.2) is 5.69 Å². The highest BCUT2D eigenvalue weighted by atomic mass is 19.4. The first-order chi connectivity index (χ1) is 11.9. The quantitative estimate of drug-likeness (QED) is 0.869. The van der Waals surface area contributed by atoms with Crippen LogP contribution in [0.25, 0.3) is 0 Å². The maximum absolute atomic E-state index is 13.2. The third kappa shape index (κ3) is 3.96. The van der Waals surface area contributed by atoms with Gasteiger partial charge in [-0.15, -0.1) is 5.10 Å². The predicted molar refractivity (Wildman–Crippen MR) is 85.2 cm³/mol. The molecule has 6 nitrogen and oxygen atoms in total. The van der Waals surface area contributed by atoms with Gasteiger partial charge >= 0.3 is 6.18 Å². The third-order valence-electron chi connectivity index (χ3n) is 5.30. The van der Waals surface area contributed by atoms with Crippen molar-refractivity contribution in [2.75, 3.05) is 13.1 Å². The molecule has 2 fully saturated rings. The number of carbonyl (C=O) groups excluding carboxylic acids is 1. The molecule has 0 bridgehead atoms. The molecule has 9 heteroatoms. The first-order valence-electron chi connectivity index (χ1n) is 8.88. The van der Waals surface area contributed by atoms with Crippen LogP contribution in [0.5, 0.6) is 0 Å². The van der Waals surface area contributed by atoms with Gasteiger partial charge in [0, 0.05) is 6.04 Å². The SMILES string of the molecule is Cc1c(C(=O)N[C@@H]2CCCC[C@H]2C(F)(F)F)nnn1C1CCNCC1. The lowest BCUT2D eigenvalue weighted by molar-refractivity contribution is -0.187. The van der Waals surface area contributed by atoms with E-state index in [1.54, 1.807) is 11.6 Å². The number of halogens is 3. The number of amides is 1. The summed E-state index contributed by atoms with van der Waals surface area (Å²) < 4.78 is 41.3. The van der Waals surface area contributed by atoms with Crippen LogP contribution < -0.4 is 10.6 Å². The van der Waals surface area contributed by atoms with Gasteiger partial charge in [0.2, 0.25) is 0 Å². The van der Waals surface area contributed by atoms with E-state index in [9.17, 15) is 18.0 Å². The molecule has 140 valence electrons. The summed E-state index contributed by atoms with van der Waals surface area (Å²) in [6, 6.07) is -0.711. The number of aromatic nitrogens is 3. The van der Waals surface area contributed by atoms with Crippen LogP contribution in [-0.2, 0) is 0 Å². The summed E-state index contributed by atoms with van der Waals surface area (Å²) >= 11 is 0. The van der Waals surface area contributed by atoms with Gasteiger partial charge in [0.1, 0.15) is 0 Å². The molecule has 1 saturated carbocycles. The zero-order chi connectivity index (χ0) is 18.0. The zero-order valence-corrected chi connectivity index (χ0v) is 14.3. The molecule has 1 aromatic heterocycles. The van der Waals surface area contributed by atoms with Gasteiger partial charge in [0.05, 0.1) is 17.7 Å². The second-order valence-electron chi connectivity index (χ2n) is 6.96. The molecule has 1 aliphatic heterocycles. The molecule has 1 saturated heterocycles. The molecule has 1 amide bonds. The lowest BCUT2D eigenvalue weighted by Crippen LogP contribution is -2.47. The van der Waals surface area contributed by atoms with E-state index < -0.39 is 24.0 Å². The maximum atomic E-state index is 13.2. The lowest BCUT2D eigenvalue weighted by atomic mass is 9.84. The number of nitrogens with zero attached hydrogens (tertiary/aromatic N) is 3. The van der Waals surface area contributed by atoms with Gasteiger partial charge in [-0.3, -0.25) is 4.79 Å². The molecular weight excluding hydrogens is 335 g/mol. The van der Waals surface area contributed by atoms with Crippen LogP contribution in [0.4, 0.5) is 13.2 Å². The molecule has 3 rings (SSSR count). The number of nitrogens with one attached hydrogen (secondary N) is 2. The van der Waals surface area contributed by atoms with Crippen LogP contribution in [0.3, 0.4) is 0 Å². The van der Waals surface area contributed by atoms with Crippen LogP contribution >= 0.6 is 0 Å². The van der Waals surface area contributed by atoms with E-state index in [0.29, 0.717) is 25.0 Å². The number of rotatable bonds is 3. The molecule has 1 aliphatic carbocycles. The predicted octanol–water partition coefficient (Wildman–Crippen LogP) is 2.36. The van der Waals surface area contributed by atoms with Crippen molar-refractivity contribution >= 4 is 5.91 Å². The van der Waals surface area contributed by atoms with Gasteiger partial charge < -0.3 is 10.6 Å². The van der Waals surface area contributed by atoms with Crippen LogP contribution in [-0.4, -0.2) is 46.2 Å². The van der Waals surface area contributed by atoms with Gasteiger partial charge in [-0.25, -0.2) is 4.68 Å². The van der Waals surface area contributed by atoms with Crippen molar-refractivity contribution in [2.45, 2.75) is 63.7 Å². The van der Waals surface area contributed by atoms with Crippen LogP contribution in [0.2, 0.25) is 0 Å². The van der Waals surface area contributed by atoms with Crippen molar-refractivity contribution in [1.82, 2.24) is 25.6 Å². The largest absolute Gasteiger partial charge is 0.393 e. The van der Waals surface area contributed by atoms with Crippen LogP contribution in [0, 0.1) is 12.8 Å². The molecule has 2 heterocycles. The highest BCUT2D eigenvalue weighted by Gasteiger charge is 2.46. The van der Waals surface area contributed by atoms with E-state index in [0.717, 1.165) is 25.9 Å². The molecule has 2 aliphatic rings. The van der Waals surface area contributed by atoms with E-state index in [1.807, 2.05) is 0 Å². The van der Waals surface area contributed by atoms with E-state index in [4.69, 9.17) is 0 Å². The Kier molecular flexibility index (Phi) is 5.31. The minimum atomic E-state index is -4.29.